The van der Waals surface area contributed by atoms with Crippen LogP contribution in [0.4, 0.5) is 0 Å². The third kappa shape index (κ3) is 3.11. The predicted octanol–water partition coefficient (Wildman–Crippen LogP) is 1.09. The van der Waals surface area contributed by atoms with E-state index in [-0.39, 0.29) is 5.91 Å². The monoisotopic (exact) mass is 228 g/mol. The van der Waals surface area contributed by atoms with Crippen LogP contribution < -0.4 is 5.32 Å². The van der Waals surface area contributed by atoms with Gasteiger partial charge in [0.05, 0.1) is 6.54 Å². The zero-order chi connectivity index (χ0) is 10.7. The first-order chi connectivity index (χ1) is 7.31. The highest BCUT2D eigenvalue weighted by atomic mass is 32.2. The zero-order valence-electron chi connectivity index (χ0n) is 9.37. The van der Waals surface area contributed by atoms with Crippen LogP contribution in [0.3, 0.4) is 0 Å². The van der Waals surface area contributed by atoms with E-state index >= 15 is 0 Å². The van der Waals surface area contributed by atoms with E-state index in [0.29, 0.717) is 18.6 Å². The molecule has 2 aliphatic rings. The fourth-order valence-electron chi connectivity index (χ4n) is 2.05. The second-order valence-electron chi connectivity index (χ2n) is 4.35. The molecule has 0 radical (unpaired) electrons. The van der Waals surface area contributed by atoms with Gasteiger partial charge in [0.2, 0.25) is 5.91 Å². The Morgan fingerprint density at radius 1 is 1.47 bits per heavy atom. The summed E-state index contributed by atoms with van der Waals surface area (Å²) in [6.07, 6.45) is 3.63. The molecule has 3 nitrogen and oxygen atoms in total. The summed E-state index contributed by atoms with van der Waals surface area (Å²) in [6, 6.07) is 1.12. The number of nitrogens with one attached hydrogen (secondary N) is 1. The summed E-state index contributed by atoms with van der Waals surface area (Å²) in [5, 5.41) is 3.37. The smallest absolute Gasteiger partial charge is 0.236 e. The molecule has 1 aliphatic heterocycles. The maximum atomic E-state index is 11.9. The molecule has 4 heteroatoms. The molecular weight excluding hydrogens is 208 g/mol. The fraction of sp³-hybridized carbons (Fsp3) is 0.909. The number of carbonyl (C=O) groups excluding carboxylic acids is 1. The third-order valence-electron chi connectivity index (χ3n) is 3.12. The van der Waals surface area contributed by atoms with E-state index in [1.54, 1.807) is 0 Å². The predicted molar refractivity (Wildman–Crippen MR) is 64.1 cm³/mol. The summed E-state index contributed by atoms with van der Waals surface area (Å²) in [7, 11) is 0. The van der Waals surface area contributed by atoms with E-state index < -0.39 is 0 Å². The standard InChI is InChI=1S/C11H20N2OS/c1-2-13(10-3-4-10)11(14)7-12-9-5-6-15-8-9/h9-10,12H,2-8H2,1H3. The average Bonchev–Trinajstić information content (AvgIpc) is 2.93. The minimum Gasteiger partial charge on any atom is -0.339 e. The van der Waals surface area contributed by atoms with Gasteiger partial charge in [-0.1, -0.05) is 0 Å². The molecule has 1 atom stereocenters. The molecule has 0 aromatic rings. The average molecular weight is 228 g/mol. The summed E-state index contributed by atoms with van der Waals surface area (Å²) in [6.45, 7) is 3.47. The number of amides is 1. The van der Waals surface area contributed by atoms with Gasteiger partial charge in [-0.2, -0.15) is 11.8 Å². The van der Waals surface area contributed by atoms with Crippen LogP contribution >= 0.6 is 11.8 Å². The molecule has 1 saturated heterocycles. The Labute approximate surface area is 96.0 Å². The van der Waals surface area contributed by atoms with Gasteiger partial charge in [0.15, 0.2) is 0 Å². The molecule has 1 N–H and O–H groups in total. The first-order valence-electron chi connectivity index (χ1n) is 5.92. The van der Waals surface area contributed by atoms with Gasteiger partial charge in [-0.25, -0.2) is 0 Å². The van der Waals surface area contributed by atoms with Crippen molar-refractivity contribution in [3.05, 3.63) is 0 Å². The van der Waals surface area contributed by atoms with Crippen molar-refractivity contribution in [2.75, 3.05) is 24.6 Å². The Bertz CT molecular complexity index is 225. The van der Waals surface area contributed by atoms with Crippen molar-refractivity contribution in [2.45, 2.75) is 38.3 Å². The molecule has 15 heavy (non-hydrogen) atoms. The van der Waals surface area contributed by atoms with Crippen LogP contribution in [0.5, 0.6) is 0 Å². The lowest BCUT2D eigenvalue weighted by Gasteiger charge is -2.21. The molecule has 2 fully saturated rings. The number of nitrogens with zero attached hydrogens (tertiary/aromatic N) is 1. The first kappa shape index (κ1) is 11.3. The number of thioether (sulfide) groups is 1. The summed E-state index contributed by atoms with van der Waals surface area (Å²) >= 11 is 1.98. The van der Waals surface area contributed by atoms with Crippen molar-refractivity contribution in [3.8, 4) is 0 Å². The lowest BCUT2D eigenvalue weighted by atomic mass is 10.2. The van der Waals surface area contributed by atoms with Gasteiger partial charge in [0.25, 0.3) is 0 Å². The highest BCUT2D eigenvalue weighted by molar-refractivity contribution is 7.99. The first-order valence-corrected chi connectivity index (χ1v) is 7.07. The molecule has 0 aromatic heterocycles. The van der Waals surface area contributed by atoms with Gasteiger partial charge in [0, 0.05) is 24.4 Å². The minimum absolute atomic E-state index is 0.289. The SMILES string of the molecule is CCN(C(=O)CNC1CCSC1)C1CC1. The summed E-state index contributed by atoms with van der Waals surface area (Å²) in [5.74, 6) is 2.70. The van der Waals surface area contributed by atoms with E-state index in [4.69, 9.17) is 0 Å². The van der Waals surface area contributed by atoms with Crippen molar-refractivity contribution in [3.63, 3.8) is 0 Å². The van der Waals surface area contributed by atoms with Crippen molar-refractivity contribution in [1.29, 1.82) is 0 Å². The molecule has 86 valence electrons. The molecule has 0 spiro atoms. The van der Waals surface area contributed by atoms with E-state index in [9.17, 15) is 4.79 Å². The maximum absolute atomic E-state index is 11.9. The van der Waals surface area contributed by atoms with E-state index in [1.165, 1.54) is 30.8 Å². The van der Waals surface area contributed by atoms with Crippen LogP contribution in [0.2, 0.25) is 0 Å². The lowest BCUT2D eigenvalue weighted by Crippen LogP contribution is -2.42. The number of hydrogen-bond donors (Lipinski definition) is 1. The number of rotatable bonds is 5. The van der Waals surface area contributed by atoms with E-state index in [2.05, 4.69) is 12.2 Å². The Morgan fingerprint density at radius 3 is 2.80 bits per heavy atom. The van der Waals surface area contributed by atoms with E-state index in [1.807, 2.05) is 16.7 Å². The summed E-state index contributed by atoms with van der Waals surface area (Å²) in [5.41, 5.74) is 0. The Hall–Kier alpha value is -0.220. The Kier molecular flexibility index (Phi) is 3.92. The van der Waals surface area contributed by atoms with Crippen LogP contribution in [0, 0.1) is 0 Å². The molecule has 1 heterocycles. The van der Waals surface area contributed by atoms with Gasteiger partial charge in [-0.05, 0) is 31.9 Å². The molecule has 1 saturated carbocycles. The highest BCUT2D eigenvalue weighted by Crippen LogP contribution is 2.26. The van der Waals surface area contributed by atoms with Crippen LogP contribution in [0.1, 0.15) is 26.2 Å². The Balaban J connectivity index is 1.70. The quantitative estimate of drug-likeness (QED) is 0.764. The van der Waals surface area contributed by atoms with Gasteiger partial charge in [-0.3, -0.25) is 4.79 Å². The highest BCUT2D eigenvalue weighted by Gasteiger charge is 2.31. The minimum atomic E-state index is 0.289. The second kappa shape index (κ2) is 5.21. The molecule has 1 amide bonds. The van der Waals surface area contributed by atoms with Crippen molar-refractivity contribution < 1.29 is 4.79 Å². The van der Waals surface area contributed by atoms with Crippen molar-refractivity contribution in [2.24, 2.45) is 0 Å². The topological polar surface area (TPSA) is 32.3 Å². The van der Waals surface area contributed by atoms with Crippen LogP contribution in [0.15, 0.2) is 0 Å². The normalized spacial score (nSPS) is 25.5. The van der Waals surface area contributed by atoms with Crippen LogP contribution in [0.25, 0.3) is 0 Å². The summed E-state index contributed by atoms with van der Waals surface area (Å²) < 4.78 is 0. The van der Waals surface area contributed by atoms with Crippen molar-refractivity contribution >= 4 is 17.7 Å². The Morgan fingerprint density at radius 2 is 2.27 bits per heavy atom. The molecule has 1 unspecified atom stereocenters. The van der Waals surface area contributed by atoms with Gasteiger partial charge >= 0.3 is 0 Å². The molecule has 2 rings (SSSR count). The molecule has 0 bridgehead atoms. The zero-order valence-corrected chi connectivity index (χ0v) is 10.2. The van der Waals surface area contributed by atoms with Crippen LogP contribution in [-0.4, -0.2) is 47.5 Å². The third-order valence-corrected chi connectivity index (χ3v) is 4.28. The lowest BCUT2D eigenvalue weighted by molar-refractivity contribution is -0.130. The van der Waals surface area contributed by atoms with Crippen molar-refractivity contribution in [1.82, 2.24) is 10.2 Å². The van der Waals surface area contributed by atoms with Gasteiger partial charge < -0.3 is 10.2 Å². The molecular formula is C11H20N2OS. The van der Waals surface area contributed by atoms with Gasteiger partial charge in [-0.15, -0.1) is 0 Å². The largest absolute Gasteiger partial charge is 0.339 e. The summed E-state index contributed by atoms with van der Waals surface area (Å²) in [4.78, 5) is 13.9. The fourth-order valence-corrected chi connectivity index (χ4v) is 3.24. The number of likely N-dealkylation sites (N-methyl/N-ethyl adjacent to an activating group) is 1. The number of hydrogen-bond acceptors (Lipinski definition) is 3. The molecule has 0 aromatic carbocycles. The molecule has 1 aliphatic carbocycles. The second-order valence-corrected chi connectivity index (χ2v) is 5.50. The van der Waals surface area contributed by atoms with Gasteiger partial charge in [0.1, 0.15) is 0 Å². The van der Waals surface area contributed by atoms with E-state index in [0.717, 1.165) is 6.54 Å². The maximum Gasteiger partial charge on any atom is 0.236 e. The number of carbonyl (C=O) groups is 1. The van der Waals surface area contributed by atoms with Crippen LogP contribution in [-0.2, 0) is 4.79 Å².